The molecule has 0 fully saturated rings. The predicted octanol–water partition coefficient (Wildman–Crippen LogP) is 5.69. The molecule has 0 radical (unpaired) electrons. The molecule has 34 heavy (non-hydrogen) atoms. The number of hydrogen-bond donors (Lipinski definition) is 0. The number of Topliss-reactive ketones (excluding diaryl/α,β-unsaturated/α-hetero) is 1. The zero-order valence-electron chi connectivity index (χ0n) is 19.8. The van der Waals surface area contributed by atoms with Gasteiger partial charge in [-0.15, -0.1) is 0 Å². The summed E-state index contributed by atoms with van der Waals surface area (Å²) in [6.45, 7) is 7.89. The molecule has 0 spiro atoms. The molecule has 1 aliphatic rings. The van der Waals surface area contributed by atoms with Crippen LogP contribution >= 0.6 is 0 Å². The topological polar surface area (TPSA) is 65.1 Å². The number of nitrogens with zero attached hydrogens (tertiary/aromatic N) is 1. The van der Waals surface area contributed by atoms with Crippen molar-refractivity contribution in [2.24, 2.45) is 0 Å². The van der Waals surface area contributed by atoms with Crippen LogP contribution in [0.15, 0.2) is 66.4 Å². The average molecular weight is 458 g/mol. The van der Waals surface area contributed by atoms with Crippen LogP contribution in [0.1, 0.15) is 45.7 Å². The summed E-state index contributed by atoms with van der Waals surface area (Å²) < 4.78 is 16.6. The van der Waals surface area contributed by atoms with Crippen LogP contribution in [0.2, 0.25) is 0 Å². The van der Waals surface area contributed by atoms with Crippen LogP contribution in [0.3, 0.4) is 0 Å². The number of carbonyl (C=O) groups excluding carboxylic acids is 2. The minimum Gasteiger partial charge on any atom is -0.497 e. The number of esters is 1. The van der Waals surface area contributed by atoms with E-state index >= 15 is 0 Å². The number of fused-ring (bicyclic) bond motifs is 1. The van der Waals surface area contributed by atoms with Gasteiger partial charge in [-0.3, -0.25) is 4.79 Å². The summed E-state index contributed by atoms with van der Waals surface area (Å²) in [5.74, 6) is 0.780. The van der Waals surface area contributed by atoms with E-state index in [4.69, 9.17) is 14.2 Å². The van der Waals surface area contributed by atoms with E-state index in [2.05, 4.69) is 18.7 Å². The van der Waals surface area contributed by atoms with Crippen molar-refractivity contribution in [3.63, 3.8) is 0 Å². The SMILES string of the molecule is CCN(CC)c1ccc(/C=C2\Oc3cc(OC(=O)c4cccc(OC)c4)cc(C)c3C2=O)cc1. The maximum absolute atomic E-state index is 13.0. The van der Waals surface area contributed by atoms with E-state index in [1.54, 1.807) is 49.4 Å². The molecule has 3 aromatic rings. The molecule has 6 heteroatoms. The van der Waals surface area contributed by atoms with Gasteiger partial charge in [0.1, 0.15) is 17.2 Å². The molecule has 0 aromatic heterocycles. The van der Waals surface area contributed by atoms with Gasteiger partial charge in [0.25, 0.3) is 0 Å². The summed E-state index contributed by atoms with van der Waals surface area (Å²) >= 11 is 0. The maximum atomic E-state index is 13.0. The number of aryl methyl sites for hydroxylation is 1. The Hall–Kier alpha value is -4.06. The normalized spacial score (nSPS) is 13.4. The van der Waals surface area contributed by atoms with Crippen molar-refractivity contribution in [3.8, 4) is 17.2 Å². The van der Waals surface area contributed by atoms with E-state index < -0.39 is 5.97 Å². The summed E-state index contributed by atoms with van der Waals surface area (Å²) in [4.78, 5) is 27.8. The number of carbonyl (C=O) groups is 2. The Morgan fingerprint density at radius 1 is 1.00 bits per heavy atom. The lowest BCUT2D eigenvalue weighted by molar-refractivity contribution is 0.0734. The standard InChI is InChI=1S/C28H27NO5/c1-5-29(6-2)21-12-10-19(11-13-21)15-25-27(30)26-18(3)14-23(17-24(26)34-25)33-28(31)20-8-7-9-22(16-20)32-4/h7-17H,5-6H2,1-4H3/b25-15-. The molecule has 0 unspecified atom stereocenters. The van der Waals surface area contributed by atoms with Crippen molar-refractivity contribution >= 4 is 23.5 Å². The molecule has 1 aliphatic heterocycles. The third-order valence-electron chi connectivity index (χ3n) is 5.78. The van der Waals surface area contributed by atoms with E-state index in [1.165, 1.54) is 7.11 Å². The van der Waals surface area contributed by atoms with Gasteiger partial charge in [0.2, 0.25) is 5.78 Å². The first-order valence-electron chi connectivity index (χ1n) is 11.2. The van der Waals surface area contributed by atoms with Crippen LogP contribution in [0, 0.1) is 6.92 Å². The molecule has 0 N–H and O–H groups in total. The lowest BCUT2D eigenvalue weighted by Crippen LogP contribution is -2.21. The van der Waals surface area contributed by atoms with Gasteiger partial charge in [0.05, 0.1) is 18.2 Å². The van der Waals surface area contributed by atoms with E-state index in [-0.39, 0.29) is 11.5 Å². The van der Waals surface area contributed by atoms with Crippen molar-refractivity contribution in [1.82, 2.24) is 0 Å². The summed E-state index contributed by atoms with van der Waals surface area (Å²) in [6, 6.07) is 18.0. The summed E-state index contributed by atoms with van der Waals surface area (Å²) in [7, 11) is 1.53. The summed E-state index contributed by atoms with van der Waals surface area (Å²) in [5.41, 5.74) is 3.52. The summed E-state index contributed by atoms with van der Waals surface area (Å²) in [5, 5.41) is 0. The average Bonchev–Trinajstić information content (AvgIpc) is 3.16. The highest BCUT2D eigenvalue weighted by Crippen LogP contribution is 2.38. The first-order valence-corrected chi connectivity index (χ1v) is 11.2. The van der Waals surface area contributed by atoms with E-state index in [9.17, 15) is 9.59 Å². The monoisotopic (exact) mass is 457 g/mol. The van der Waals surface area contributed by atoms with Crippen LogP contribution in [-0.4, -0.2) is 32.0 Å². The van der Waals surface area contributed by atoms with Gasteiger partial charge in [-0.2, -0.15) is 0 Å². The van der Waals surface area contributed by atoms with Crippen molar-refractivity contribution in [2.75, 3.05) is 25.1 Å². The highest BCUT2D eigenvalue weighted by molar-refractivity contribution is 6.15. The molecule has 0 atom stereocenters. The fourth-order valence-corrected chi connectivity index (χ4v) is 3.97. The lowest BCUT2D eigenvalue weighted by Gasteiger charge is -2.20. The smallest absolute Gasteiger partial charge is 0.343 e. The zero-order chi connectivity index (χ0) is 24.2. The second kappa shape index (κ2) is 9.83. The molecule has 6 nitrogen and oxygen atoms in total. The third-order valence-corrected chi connectivity index (χ3v) is 5.78. The highest BCUT2D eigenvalue weighted by atomic mass is 16.5. The minimum atomic E-state index is -0.522. The van der Waals surface area contributed by atoms with Gasteiger partial charge < -0.3 is 19.1 Å². The van der Waals surface area contributed by atoms with E-state index in [1.807, 2.05) is 24.3 Å². The van der Waals surface area contributed by atoms with Gasteiger partial charge in [-0.25, -0.2) is 4.79 Å². The maximum Gasteiger partial charge on any atom is 0.343 e. The number of ether oxygens (including phenoxy) is 3. The van der Waals surface area contributed by atoms with Gasteiger partial charge in [0.15, 0.2) is 5.76 Å². The van der Waals surface area contributed by atoms with Crippen LogP contribution in [-0.2, 0) is 0 Å². The fourth-order valence-electron chi connectivity index (χ4n) is 3.97. The number of allylic oxidation sites excluding steroid dienone is 1. The van der Waals surface area contributed by atoms with Crippen LogP contribution in [0.4, 0.5) is 5.69 Å². The van der Waals surface area contributed by atoms with Crippen molar-refractivity contribution in [2.45, 2.75) is 20.8 Å². The van der Waals surface area contributed by atoms with E-state index in [0.717, 1.165) is 24.3 Å². The lowest BCUT2D eigenvalue weighted by atomic mass is 10.0. The van der Waals surface area contributed by atoms with Gasteiger partial charge in [0, 0.05) is 24.8 Å². The first-order chi connectivity index (χ1) is 16.4. The molecule has 1 heterocycles. The number of benzene rings is 3. The number of hydrogen-bond acceptors (Lipinski definition) is 6. The largest absolute Gasteiger partial charge is 0.497 e. The van der Waals surface area contributed by atoms with Gasteiger partial charge >= 0.3 is 5.97 Å². The Morgan fingerprint density at radius 2 is 1.74 bits per heavy atom. The molecule has 0 saturated carbocycles. The molecular formula is C28H27NO5. The predicted molar refractivity (Wildman–Crippen MR) is 132 cm³/mol. The molecular weight excluding hydrogens is 430 g/mol. The fraction of sp³-hybridized carbons (Fsp3) is 0.214. The van der Waals surface area contributed by atoms with E-state index in [0.29, 0.717) is 33.9 Å². The third kappa shape index (κ3) is 4.66. The number of anilines is 1. The number of methoxy groups -OCH3 is 1. The molecule has 3 aromatic carbocycles. The Kier molecular flexibility index (Phi) is 6.68. The minimum absolute atomic E-state index is 0.189. The second-order valence-electron chi connectivity index (χ2n) is 7.94. The Labute approximate surface area is 199 Å². The van der Waals surface area contributed by atoms with Crippen LogP contribution < -0.4 is 19.1 Å². The zero-order valence-corrected chi connectivity index (χ0v) is 19.8. The van der Waals surface area contributed by atoms with Crippen LogP contribution in [0.5, 0.6) is 17.2 Å². The van der Waals surface area contributed by atoms with Crippen LogP contribution in [0.25, 0.3) is 6.08 Å². The molecule has 0 bridgehead atoms. The quantitative estimate of drug-likeness (QED) is 0.258. The second-order valence-corrected chi connectivity index (χ2v) is 7.94. The molecule has 0 saturated heterocycles. The first kappa shape index (κ1) is 23.1. The summed E-state index contributed by atoms with van der Waals surface area (Å²) in [6.07, 6.45) is 1.73. The Morgan fingerprint density at radius 3 is 2.41 bits per heavy atom. The molecule has 0 amide bonds. The van der Waals surface area contributed by atoms with Crippen molar-refractivity contribution in [3.05, 3.63) is 88.7 Å². The van der Waals surface area contributed by atoms with Gasteiger partial charge in [-0.05, 0) is 74.4 Å². The van der Waals surface area contributed by atoms with Gasteiger partial charge in [-0.1, -0.05) is 18.2 Å². The highest BCUT2D eigenvalue weighted by Gasteiger charge is 2.30. The molecule has 0 aliphatic carbocycles. The molecule has 4 rings (SSSR count). The number of ketones is 1. The van der Waals surface area contributed by atoms with Crippen molar-refractivity contribution in [1.29, 1.82) is 0 Å². The Balaban J connectivity index is 1.54. The number of rotatable bonds is 7. The molecule has 174 valence electrons. The Bertz CT molecular complexity index is 1260. The van der Waals surface area contributed by atoms with Crippen molar-refractivity contribution < 1.29 is 23.8 Å².